The zero-order valence-electron chi connectivity index (χ0n) is 12.5. The van der Waals surface area contributed by atoms with Crippen LogP contribution in [0.1, 0.15) is 37.8 Å². The number of nitrogen functional groups attached to an aromatic ring is 1. The summed E-state index contributed by atoms with van der Waals surface area (Å²) in [5.74, 6) is 0.634. The van der Waals surface area contributed by atoms with Crippen LogP contribution in [0.25, 0.3) is 11.0 Å². The highest BCUT2D eigenvalue weighted by atomic mass is 15.2. The van der Waals surface area contributed by atoms with Crippen LogP contribution < -0.4 is 5.73 Å². The van der Waals surface area contributed by atoms with Gasteiger partial charge in [0.2, 0.25) is 5.95 Å². The summed E-state index contributed by atoms with van der Waals surface area (Å²) in [6.45, 7) is 7.83. The number of fused-ring (bicyclic) bond motifs is 1. The first kappa shape index (κ1) is 13.4. The van der Waals surface area contributed by atoms with Crippen molar-refractivity contribution in [3.05, 3.63) is 23.8 Å². The predicted molar refractivity (Wildman–Crippen MR) is 83.9 cm³/mol. The van der Waals surface area contributed by atoms with Crippen molar-refractivity contribution in [2.45, 2.75) is 39.2 Å². The van der Waals surface area contributed by atoms with Gasteiger partial charge in [-0.2, -0.15) is 0 Å². The number of hydrogen-bond donors (Lipinski definition) is 1. The van der Waals surface area contributed by atoms with E-state index in [2.05, 4.69) is 46.5 Å². The molecule has 2 N–H and O–H groups in total. The number of likely N-dealkylation sites (tertiary alicyclic amines) is 1. The molecule has 1 fully saturated rings. The Kier molecular flexibility index (Phi) is 3.66. The fourth-order valence-corrected chi connectivity index (χ4v) is 3.29. The summed E-state index contributed by atoms with van der Waals surface area (Å²) in [5, 5.41) is 0. The van der Waals surface area contributed by atoms with Gasteiger partial charge in [0.1, 0.15) is 0 Å². The maximum atomic E-state index is 6.14. The maximum Gasteiger partial charge on any atom is 0.201 e. The molecule has 20 heavy (non-hydrogen) atoms. The second-order valence-electron chi connectivity index (χ2n) is 6.04. The molecule has 0 spiro atoms. The molecule has 0 saturated carbocycles. The summed E-state index contributed by atoms with van der Waals surface area (Å²) in [5.41, 5.74) is 9.53. The molecule has 1 aliphatic heterocycles. The number of imidazole rings is 1. The second-order valence-corrected chi connectivity index (χ2v) is 6.04. The summed E-state index contributed by atoms with van der Waals surface area (Å²) < 4.78 is 2.18. The molecule has 108 valence electrons. The number of anilines is 1. The molecule has 1 aromatic carbocycles. The Morgan fingerprint density at radius 3 is 2.75 bits per heavy atom. The number of nitrogens with zero attached hydrogens (tertiary/aromatic N) is 3. The van der Waals surface area contributed by atoms with Crippen molar-refractivity contribution in [1.82, 2.24) is 14.5 Å². The van der Waals surface area contributed by atoms with Crippen LogP contribution in [0.2, 0.25) is 0 Å². The number of aryl methyl sites for hydroxylation is 1. The minimum Gasteiger partial charge on any atom is -0.369 e. The van der Waals surface area contributed by atoms with E-state index in [-0.39, 0.29) is 0 Å². The van der Waals surface area contributed by atoms with Gasteiger partial charge in [-0.3, -0.25) is 0 Å². The van der Waals surface area contributed by atoms with E-state index in [4.69, 9.17) is 5.73 Å². The predicted octanol–water partition coefficient (Wildman–Crippen LogP) is 2.97. The van der Waals surface area contributed by atoms with Gasteiger partial charge in [0, 0.05) is 12.6 Å². The minimum atomic E-state index is 0.362. The number of nitrogens with two attached hydrogens (primary N) is 1. The minimum absolute atomic E-state index is 0.362. The molecule has 1 unspecified atom stereocenters. The lowest BCUT2D eigenvalue weighted by Crippen LogP contribution is -2.34. The van der Waals surface area contributed by atoms with Gasteiger partial charge in [0.05, 0.1) is 11.0 Å². The Balaban J connectivity index is 1.86. The monoisotopic (exact) mass is 272 g/mol. The third kappa shape index (κ3) is 2.52. The first-order chi connectivity index (χ1) is 9.65. The lowest BCUT2D eigenvalue weighted by molar-refractivity contribution is 0.204. The van der Waals surface area contributed by atoms with Crippen LogP contribution >= 0.6 is 0 Å². The number of rotatable bonds is 3. The average molecular weight is 272 g/mol. The highest BCUT2D eigenvalue weighted by Gasteiger charge is 2.18. The van der Waals surface area contributed by atoms with E-state index in [1.165, 1.54) is 37.9 Å². The fraction of sp³-hybridized carbons (Fsp3) is 0.562. The molecule has 0 amide bonds. The van der Waals surface area contributed by atoms with E-state index in [9.17, 15) is 0 Å². The summed E-state index contributed by atoms with van der Waals surface area (Å²) in [7, 11) is 0. The van der Waals surface area contributed by atoms with Gasteiger partial charge in [-0.1, -0.05) is 12.5 Å². The Morgan fingerprint density at radius 1 is 1.25 bits per heavy atom. The van der Waals surface area contributed by atoms with Gasteiger partial charge in [0.25, 0.3) is 0 Å². The Hall–Kier alpha value is -1.55. The van der Waals surface area contributed by atoms with Crippen LogP contribution in [-0.2, 0) is 0 Å². The summed E-state index contributed by atoms with van der Waals surface area (Å²) in [6.07, 6.45) is 4.03. The van der Waals surface area contributed by atoms with Gasteiger partial charge in [-0.05, 0) is 57.5 Å². The molecular weight excluding hydrogens is 248 g/mol. The lowest BCUT2D eigenvalue weighted by atomic mass is 10.1. The molecule has 1 aromatic heterocycles. The van der Waals surface area contributed by atoms with Crippen LogP contribution in [0.3, 0.4) is 0 Å². The van der Waals surface area contributed by atoms with Crippen molar-refractivity contribution in [2.75, 3.05) is 25.4 Å². The van der Waals surface area contributed by atoms with Gasteiger partial charge in [-0.15, -0.1) is 0 Å². The van der Waals surface area contributed by atoms with Crippen molar-refractivity contribution in [3.8, 4) is 0 Å². The molecule has 2 heterocycles. The van der Waals surface area contributed by atoms with Crippen molar-refractivity contribution in [3.63, 3.8) is 0 Å². The van der Waals surface area contributed by atoms with Crippen LogP contribution in [0, 0.1) is 6.92 Å². The van der Waals surface area contributed by atoms with Crippen LogP contribution in [0.15, 0.2) is 18.2 Å². The molecule has 1 saturated heterocycles. The van der Waals surface area contributed by atoms with Crippen molar-refractivity contribution in [2.24, 2.45) is 0 Å². The summed E-state index contributed by atoms with van der Waals surface area (Å²) >= 11 is 0. The molecule has 0 radical (unpaired) electrons. The highest BCUT2D eigenvalue weighted by molar-refractivity contribution is 5.79. The molecule has 4 heteroatoms. The van der Waals surface area contributed by atoms with Gasteiger partial charge < -0.3 is 15.2 Å². The third-order valence-electron chi connectivity index (χ3n) is 4.28. The standard InChI is InChI=1S/C16H24N4/c1-12-6-7-15-14(10-12)18-16(17)20(15)13(2)11-19-8-4-3-5-9-19/h6-7,10,13H,3-5,8-9,11H2,1-2H3,(H2,17,18). The number of piperidine rings is 1. The quantitative estimate of drug-likeness (QED) is 0.934. The van der Waals surface area contributed by atoms with E-state index >= 15 is 0 Å². The Morgan fingerprint density at radius 2 is 2.00 bits per heavy atom. The average Bonchev–Trinajstić information content (AvgIpc) is 2.74. The first-order valence-electron chi connectivity index (χ1n) is 7.61. The van der Waals surface area contributed by atoms with Crippen molar-refractivity contribution < 1.29 is 0 Å². The second kappa shape index (κ2) is 5.44. The molecular formula is C16H24N4. The molecule has 1 atom stereocenters. The SMILES string of the molecule is Cc1ccc2c(c1)nc(N)n2C(C)CN1CCCCC1. The zero-order chi connectivity index (χ0) is 14.1. The molecule has 2 aromatic rings. The zero-order valence-corrected chi connectivity index (χ0v) is 12.5. The number of aromatic nitrogens is 2. The topological polar surface area (TPSA) is 47.1 Å². The lowest BCUT2D eigenvalue weighted by Gasteiger charge is -2.30. The van der Waals surface area contributed by atoms with Crippen LogP contribution in [0.4, 0.5) is 5.95 Å². The van der Waals surface area contributed by atoms with Gasteiger partial charge in [0.15, 0.2) is 0 Å². The van der Waals surface area contributed by atoms with Crippen molar-refractivity contribution >= 4 is 17.0 Å². The molecule has 0 bridgehead atoms. The molecule has 4 nitrogen and oxygen atoms in total. The largest absolute Gasteiger partial charge is 0.369 e. The number of hydrogen-bond acceptors (Lipinski definition) is 3. The van der Waals surface area contributed by atoms with Gasteiger partial charge >= 0.3 is 0 Å². The summed E-state index contributed by atoms with van der Waals surface area (Å²) in [6, 6.07) is 6.74. The normalized spacial score (nSPS) is 18.5. The molecule has 1 aliphatic rings. The van der Waals surface area contributed by atoms with E-state index in [1.54, 1.807) is 0 Å². The Bertz CT molecular complexity index is 596. The highest BCUT2D eigenvalue weighted by Crippen LogP contribution is 2.24. The first-order valence-corrected chi connectivity index (χ1v) is 7.61. The van der Waals surface area contributed by atoms with E-state index in [1.807, 2.05) is 0 Å². The van der Waals surface area contributed by atoms with E-state index in [0.717, 1.165) is 17.6 Å². The van der Waals surface area contributed by atoms with E-state index in [0.29, 0.717) is 12.0 Å². The molecule has 3 rings (SSSR count). The van der Waals surface area contributed by atoms with E-state index < -0.39 is 0 Å². The number of benzene rings is 1. The van der Waals surface area contributed by atoms with Crippen LogP contribution in [-0.4, -0.2) is 34.1 Å². The maximum absolute atomic E-state index is 6.14. The summed E-state index contributed by atoms with van der Waals surface area (Å²) in [4.78, 5) is 7.06. The van der Waals surface area contributed by atoms with Crippen molar-refractivity contribution in [1.29, 1.82) is 0 Å². The van der Waals surface area contributed by atoms with Gasteiger partial charge in [-0.25, -0.2) is 4.98 Å². The Labute approximate surface area is 120 Å². The molecule has 0 aliphatic carbocycles. The smallest absolute Gasteiger partial charge is 0.201 e. The fourth-order valence-electron chi connectivity index (χ4n) is 3.29. The van der Waals surface area contributed by atoms with Crippen LogP contribution in [0.5, 0.6) is 0 Å². The third-order valence-corrected chi connectivity index (χ3v) is 4.28.